The van der Waals surface area contributed by atoms with E-state index in [9.17, 15) is 9.59 Å². The van der Waals surface area contributed by atoms with Gasteiger partial charge in [-0.3, -0.25) is 9.59 Å². The van der Waals surface area contributed by atoms with Gasteiger partial charge in [0.1, 0.15) is 5.82 Å². The van der Waals surface area contributed by atoms with E-state index >= 15 is 0 Å². The van der Waals surface area contributed by atoms with Crippen LogP contribution in [0.5, 0.6) is 0 Å². The SMILES string of the molecule is Cc1cc(N2C(=O)CCCC2=O)ncc1N. The molecule has 0 saturated carbocycles. The molecule has 0 radical (unpaired) electrons. The number of anilines is 2. The molecule has 2 heterocycles. The molecule has 2 N–H and O–H groups in total. The minimum absolute atomic E-state index is 0.187. The summed E-state index contributed by atoms with van der Waals surface area (Å²) in [5.41, 5.74) is 7.01. The van der Waals surface area contributed by atoms with Crippen LogP contribution in [0.25, 0.3) is 0 Å². The van der Waals surface area contributed by atoms with Gasteiger partial charge in [-0.2, -0.15) is 0 Å². The predicted octanol–water partition coefficient (Wildman–Crippen LogP) is 1.02. The Morgan fingerprint density at radius 1 is 1.31 bits per heavy atom. The molecular weight excluding hydrogens is 206 g/mol. The molecule has 0 unspecified atom stereocenters. The second-order valence-electron chi connectivity index (χ2n) is 3.88. The highest BCUT2D eigenvalue weighted by Crippen LogP contribution is 2.22. The Morgan fingerprint density at radius 3 is 2.50 bits per heavy atom. The summed E-state index contributed by atoms with van der Waals surface area (Å²) in [6, 6.07) is 1.66. The number of aryl methyl sites for hydroxylation is 1. The van der Waals surface area contributed by atoms with Crippen LogP contribution in [0.1, 0.15) is 24.8 Å². The van der Waals surface area contributed by atoms with Crippen LogP contribution < -0.4 is 10.6 Å². The number of nitrogens with two attached hydrogens (primary N) is 1. The minimum Gasteiger partial charge on any atom is -0.397 e. The van der Waals surface area contributed by atoms with Crippen LogP contribution >= 0.6 is 0 Å². The molecule has 2 rings (SSSR count). The zero-order chi connectivity index (χ0) is 11.7. The summed E-state index contributed by atoms with van der Waals surface area (Å²) in [5.74, 6) is 0.00208. The molecule has 1 aliphatic rings. The van der Waals surface area contributed by atoms with E-state index in [1.54, 1.807) is 6.07 Å². The van der Waals surface area contributed by atoms with Gasteiger partial charge < -0.3 is 5.73 Å². The number of pyridine rings is 1. The van der Waals surface area contributed by atoms with Crippen LogP contribution in [0.4, 0.5) is 11.5 Å². The number of rotatable bonds is 1. The molecule has 5 nitrogen and oxygen atoms in total. The van der Waals surface area contributed by atoms with E-state index in [1.165, 1.54) is 6.20 Å². The van der Waals surface area contributed by atoms with Gasteiger partial charge in [0.2, 0.25) is 11.8 Å². The summed E-state index contributed by atoms with van der Waals surface area (Å²) in [7, 11) is 0. The Balaban J connectivity index is 2.38. The highest BCUT2D eigenvalue weighted by atomic mass is 16.2. The standard InChI is InChI=1S/C11H13N3O2/c1-7-5-9(13-6-8(7)12)14-10(15)3-2-4-11(14)16/h5-6H,2-4,12H2,1H3. The molecule has 0 bridgehead atoms. The lowest BCUT2D eigenvalue weighted by Gasteiger charge is -2.24. The lowest BCUT2D eigenvalue weighted by Crippen LogP contribution is -2.40. The number of nitrogens with zero attached hydrogens (tertiary/aromatic N) is 2. The number of carbonyl (C=O) groups excluding carboxylic acids is 2. The molecule has 16 heavy (non-hydrogen) atoms. The molecule has 1 fully saturated rings. The first-order chi connectivity index (χ1) is 7.59. The Hall–Kier alpha value is -1.91. The van der Waals surface area contributed by atoms with Crippen LogP contribution in [-0.4, -0.2) is 16.8 Å². The van der Waals surface area contributed by atoms with Gasteiger partial charge in [0.25, 0.3) is 0 Å². The molecule has 0 aromatic carbocycles. The summed E-state index contributed by atoms with van der Waals surface area (Å²) < 4.78 is 0. The number of nitrogen functional groups attached to an aromatic ring is 1. The fraction of sp³-hybridized carbons (Fsp3) is 0.364. The Labute approximate surface area is 93.3 Å². The molecule has 2 amide bonds. The molecule has 84 valence electrons. The van der Waals surface area contributed by atoms with Crippen molar-refractivity contribution >= 4 is 23.3 Å². The largest absolute Gasteiger partial charge is 0.397 e. The summed E-state index contributed by atoms with van der Waals surface area (Å²) in [4.78, 5) is 28.4. The van der Waals surface area contributed by atoms with Crippen molar-refractivity contribution in [2.24, 2.45) is 0 Å². The summed E-state index contributed by atoms with van der Waals surface area (Å²) >= 11 is 0. The first kappa shape index (κ1) is 10.6. The van der Waals surface area contributed by atoms with E-state index < -0.39 is 0 Å². The number of aromatic nitrogens is 1. The second kappa shape index (κ2) is 3.92. The van der Waals surface area contributed by atoms with E-state index in [-0.39, 0.29) is 11.8 Å². The molecule has 5 heteroatoms. The third-order valence-corrected chi connectivity index (χ3v) is 2.65. The number of amides is 2. The minimum atomic E-state index is -0.187. The van der Waals surface area contributed by atoms with Gasteiger partial charge in [-0.05, 0) is 25.0 Å². The monoisotopic (exact) mass is 219 g/mol. The summed E-state index contributed by atoms with van der Waals surface area (Å²) in [6.45, 7) is 1.82. The molecule has 1 aromatic rings. The number of piperidine rings is 1. The van der Waals surface area contributed by atoms with Crippen molar-refractivity contribution < 1.29 is 9.59 Å². The summed E-state index contributed by atoms with van der Waals surface area (Å²) in [6.07, 6.45) is 2.90. The normalized spacial score (nSPS) is 16.7. The predicted molar refractivity (Wildman–Crippen MR) is 59.7 cm³/mol. The molecular formula is C11H13N3O2. The van der Waals surface area contributed by atoms with Gasteiger partial charge in [-0.15, -0.1) is 0 Å². The van der Waals surface area contributed by atoms with Gasteiger partial charge >= 0.3 is 0 Å². The Bertz CT molecular complexity index is 441. The van der Waals surface area contributed by atoms with Crippen LogP contribution in [0.3, 0.4) is 0 Å². The zero-order valence-corrected chi connectivity index (χ0v) is 9.06. The zero-order valence-electron chi connectivity index (χ0n) is 9.06. The summed E-state index contributed by atoms with van der Waals surface area (Å²) in [5, 5.41) is 0. The van der Waals surface area contributed by atoms with Crippen molar-refractivity contribution in [2.45, 2.75) is 26.2 Å². The van der Waals surface area contributed by atoms with Crippen molar-refractivity contribution in [2.75, 3.05) is 10.6 Å². The van der Waals surface area contributed by atoms with Crippen LogP contribution in [0.15, 0.2) is 12.3 Å². The maximum absolute atomic E-state index is 11.6. The van der Waals surface area contributed by atoms with Gasteiger partial charge in [0.05, 0.1) is 11.9 Å². The average Bonchev–Trinajstić information content (AvgIpc) is 2.23. The fourth-order valence-corrected chi connectivity index (χ4v) is 1.68. The van der Waals surface area contributed by atoms with E-state index in [0.29, 0.717) is 30.8 Å². The van der Waals surface area contributed by atoms with E-state index in [4.69, 9.17) is 5.73 Å². The Kier molecular flexibility index (Phi) is 2.60. The molecule has 1 saturated heterocycles. The lowest BCUT2D eigenvalue weighted by molar-refractivity contribution is -0.129. The van der Waals surface area contributed by atoms with E-state index in [1.807, 2.05) is 6.92 Å². The topological polar surface area (TPSA) is 76.3 Å². The number of hydrogen-bond acceptors (Lipinski definition) is 4. The number of imide groups is 1. The van der Waals surface area contributed by atoms with Crippen LogP contribution in [0, 0.1) is 6.92 Å². The van der Waals surface area contributed by atoms with Crippen molar-refractivity contribution in [3.05, 3.63) is 17.8 Å². The smallest absolute Gasteiger partial charge is 0.234 e. The van der Waals surface area contributed by atoms with Gasteiger partial charge in [-0.1, -0.05) is 0 Å². The van der Waals surface area contributed by atoms with Crippen molar-refractivity contribution in [3.8, 4) is 0 Å². The Morgan fingerprint density at radius 2 is 1.94 bits per heavy atom. The lowest BCUT2D eigenvalue weighted by atomic mass is 10.1. The molecule has 1 aliphatic heterocycles. The molecule has 0 aliphatic carbocycles. The van der Waals surface area contributed by atoms with Gasteiger partial charge in [-0.25, -0.2) is 9.88 Å². The fourth-order valence-electron chi connectivity index (χ4n) is 1.68. The van der Waals surface area contributed by atoms with E-state index in [2.05, 4.69) is 4.98 Å². The van der Waals surface area contributed by atoms with Crippen LogP contribution in [0.2, 0.25) is 0 Å². The average molecular weight is 219 g/mol. The maximum atomic E-state index is 11.6. The third kappa shape index (κ3) is 1.76. The van der Waals surface area contributed by atoms with Gasteiger partial charge in [0, 0.05) is 12.8 Å². The first-order valence-electron chi connectivity index (χ1n) is 5.17. The quantitative estimate of drug-likeness (QED) is 0.715. The molecule has 0 spiro atoms. The van der Waals surface area contributed by atoms with Crippen molar-refractivity contribution in [3.63, 3.8) is 0 Å². The van der Waals surface area contributed by atoms with Crippen molar-refractivity contribution in [1.29, 1.82) is 0 Å². The van der Waals surface area contributed by atoms with Crippen molar-refractivity contribution in [1.82, 2.24) is 4.98 Å². The molecule has 0 atom stereocenters. The third-order valence-electron chi connectivity index (χ3n) is 2.65. The van der Waals surface area contributed by atoms with E-state index in [0.717, 1.165) is 10.5 Å². The maximum Gasteiger partial charge on any atom is 0.234 e. The second-order valence-corrected chi connectivity index (χ2v) is 3.88. The van der Waals surface area contributed by atoms with Gasteiger partial charge in [0.15, 0.2) is 0 Å². The number of hydrogen-bond donors (Lipinski definition) is 1. The number of carbonyl (C=O) groups is 2. The van der Waals surface area contributed by atoms with Crippen LogP contribution in [-0.2, 0) is 9.59 Å². The molecule has 1 aromatic heterocycles. The first-order valence-corrected chi connectivity index (χ1v) is 5.17. The highest BCUT2D eigenvalue weighted by Gasteiger charge is 2.28. The highest BCUT2D eigenvalue weighted by molar-refractivity contribution is 6.15.